The van der Waals surface area contributed by atoms with Crippen LogP contribution in [0.4, 0.5) is 11.6 Å². The van der Waals surface area contributed by atoms with Crippen LogP contribution in [0.2, 0.25) is 0 Å². The van der Waals surface area contributed by atoms with Crippen LogP contribution >= 0.6 is 0 Å². The summed E-state index contributed by atoms with van der Waals surface area (Å²) in [5, 5.41) is 10.0. The Labute approximate surface area is 133 Å². The maximum Gasteiger partial charge on any atom is 0.270 e. The molecule has 0 saturated carbocycles. The van der Waals surface area contributed by atoms with Crippen LogP contribution in [0.1, 0.15) is 16.1 Å². The predicted octanol–water partition coefficient (Wildman–Crippen LogP) is 1.88. The fourth-order valence-electron chi connectivity index (χ4n) is 2.03. The number of carbonyl (C=O) groups is 1. The van der Waals surface area contributed by atoms with Crippen molar-refractivity contribution < 1.29 is 4.79 Å². The fraction of sp³-hybridized carbons (Fsp3) is 0.125. The van der Waals surface area contributed by atoms with Gasteiger partial charge in [-0.05, 0) is 23.8 Å². The standard InChI is InChI=1S/C16H16N6O/c1-22-15(7-9-19-22)21-14-6-2-5-13(20-14)16(23)18-11-12-4-3-8-17-10-12/h2-10H,11H2,1H3,(H,18,23)(H,20,21). The van der Waals surface area contributed by atoms with Gasteiger partial charge in [0.05, 0.1) is 6.20 Å². The summed E-state index contributed by atoms with van der Waals surface area (Å²) in [6, 6.07) is 10.8. The Kier molecular flexibility index (Phi) is 4.28. The summed E-state index contributed by atoms with van der Waals surface area (Å²) in [6.07, 6.45) is 5.10. The first-order valence-electron chi connectivity index (χ1n) is 7.11. The van der Waals surface area contributed by atoms with Gasteiger partial charge in [-0.3, -0.25) is 14.5 Å². The van der Waals surface area contributed by atoms with E-state index in [1.807, 2.05) is 25.2 Å². The number of rotatable bonds is 5. The molecule has 0 saturated heterocycles. The molecule has 23 heavy (non-hydrogen) atoms. The molecule has 3 heterocycles. The summed E-state index contributed by atoms with van der Waals surface area (Å²) in [7, 11) is 1.83. The number of carbonyl (C=O) groups excluding carboxylic acids is 1. The van der Waals surface area contributed by atoms with Crippen molar-refractivity contribution in [3.05, 3.63) is 66.2 Å². The Hall–Kier alpha value is -3.22. The summed E-state index contributed by atoms with van der Waals surface area (Å²) in [6.45, 7) is 0.410. The molecule has 0 aromatic carbocycles. The zero-order valence-electron chi connectivity index (χ0n) is 12.6. The Morgan fingerprint density at radius 2 is 2.09 bits per heavy atom. The lowest BCUT2D eigenvalue weighted by Crippen LogP contribution is -2.24. The van der Waals surface area contributed by atoms with Gasteiger partial charge in [-0.15, -0.1) is 0 Å². The first-order chi connectivity index (χ1) is 11.2. The summed E-state index contributed by atoms with van der Waals surface area (Å²) in [4.78, 5) is 20.5. The van der Waals surface area contributed by atoms with Crippen molar-refractivity contribution in [3.8, 4) is 0 Å². The lowest BCUT2D eigenvalue weighted by atomic mass is 10.2. The number of hydrogen-bond donors (Lipinski definition) is 2. The van der Waals surface area contributed by atoms with Crippen molar-refractivity contribution in [1.82, 2.24) is 25.1 Å². The lowest BCUT2D eigenvalue weighted by Gasteiger charge is -2.08. The molecule has 0 spiro atoms. The van der Waals surface area contributed by atoms with Crippen molar-refractivity contribution in [2.24, 2.45) is 7.05 Å². The van der Waals surface area contributed by atoms with Crippen LogP contribution in [0.3, 0.4) is 0 Å². The molecule has 116 valence electrons. The fourth-order valence-corrected chi connectivity index (χ4v) is 2.03. The Balaban J connectivity index is 1.67. The number of aromatic nitrogens is 4. The molecule has 0 aliphatic heterocycles. The minimum atomic E-state index is -0.234. The molecule has 7 nitrogen and oxygen atoms in total. The van der Waals surface area contributed by atoms with E-state index in [2.05, 4.69) is 25.7 Å². The van der Waals surface area contributed by atoms with Gasteiger partial charge < -0.3 is 10.6 Å². The molecule has 3 aromatic heterocycles. The highest BCUT2D eigenvalue weighted by Gasteiger charge is 2.08. The van der Waals surface area contributed by atoms with Crippen molar-refractivity contribution in [1.29, 1.82) is 0 Å². The maximum absolute atomic E-state index is 12.2. The molecule has 2 N–H and O–H groups in total. The highest BCUT2D eigenvalue weighted by atomic mass is 16.1. The average Bonchev–Trinajstić information content (AvgIpc) is 2.99. The van der Waals surface area contributed by atoms with Crippen LogP contribution in [0, 0.1) is 0 Å². The summed E-state index contributed by atoms with van der Waals surface area (Å²) in [5.41, 5.74) is 1.28. The van der Waals surface area contributed by atoms with Gasteiger partial charge in [0.25, 0.3) is 5.91 Å². The molecule has 0 radical (unpaired) electrons. The van der Waals surface area contributed by atoms with E-state index in [9.17, 15) is 4.79 Å². The summed E-state index contributed by atoms with van der Waals surface area (Å²) >= 11 is 0. The predicted molar refractivity (Wildman–Crippen MR) is 86.1 cm³/mol. The van der Waals surface area contributed by atoms with Crippen LogP contribution in [-0.4, -0.2) is 25.7 Å². The van der Waals surface area contributed by atoms with Crippen LogP contribution in [0.15, 0.2) is 55.0 Å². The second kappa shape index (κ2) is 6.69. The van der Waals surface area contributed by atoms with Gasteiger partial charge in [0.2, 0.25) is 0 Å². The Bertz CT molecular complexity index is 799. The van der Waals surface area contributed by atoms with Gasteiger partial charge in [0.15, 0.2) is 0 Å². The smallest absolute Gasteiger partial charge is 0.270 e. The molecule has 3 aromatic rings. The van der Waals surface area contributed by atoms with Crippen LogP contribution in [0.25, 0.3) is 0 Å². The second-order valence-corrected chi connectivity index (χ2v) is 4.92. The molecular weight excluding hydrogens is 292 g/mol. The normalized spacial score (nSPS) is 10.3. The Morgan fingerprint density at radius 1 is 1.17 bits per heavy atom. The molecule has 0 atom stereocenters. The van der Waals surface area contributed by atoms with Gasteiger partial charge in [0.1, 0.15) is 17.3 Å². The maximum atomic E-state index is 12.2. The zero-order chi connectivity index (χ0) is 16.1. The van der Waals surface area contributed by atoms with Crippen molar-refractivity contribution in [2.75, 3.05) is 5.32 Å². The molecule has 1 amide bonds. The van der Waals surface area contributed by atoms with Gasteiger partial charge >= 0.3 is 0 Å². The highest BCUT2D eigenvalue weighted by Crippen LogP contribution is 2.13. The second-order valence-electron chi connectivity index (χ2n) is 4.92. The number of pyridine rings is 2. The molecule has 7 heteroatoms. The number of hydrogen-bond acceptors (Lipinski definition) is 5. The highest BCUT2D eigenvalue weighted by molar-refractivity contribution is 5.92. The molecule has 0 unspecified atom stereocenters. The SMILES string of the molecule is Cn1nccc1Nc1cccc(C(=O)NCc2cccnc2)n1. The number of amides is 1. The minimum absolute atomic E-state index is 0.234. The van der Waals surface area contributed by atoms with Gasteiger partial charge in [-0.25, -0.2) is 4.98 Å². The first-order valence-corrected chi connectivity index (χ1v) is 7.11. The number of aryl methyl sites for hydroxylation is 1. The molecule has 0 fully saturated rings. The topological polar surface area (TPSA) is 84.7 Å². The summed E-state index contributed by atoms with van der Waals surface area (Å²) < 4.78 is 1.69. The van der Waals surface area contributed by atoms with E-state index in [4.69, 9.17) is 0 Å². The molecular formula is C16H16N6O. The van der Waals surface area contributed by atoms with Crippen LogP contribution in [-0.2, 0) is 13.6 Å². The van der Waals surface area contributed by atoms with E-state index in [0.29, 0.717) is 18.1 Å². The van der Waals surface area contributed by atoms with E-state index in [1.54, 1.807) is 41.5 Å². The number of nitrogens with one attached hydrogen (secondary N) is 2. The first kappa shape index (κ1) is 14.7. The Morgan fingerprint density at radius 3 is 2.83 bits per heavy atom. The van der Waals surface area contributed by atoms with E-state index in [-0.39, 0.29) is 5.91 Å². The van der Waals surface area contributed by atoms with Crippen molar-refractivity contribution >= 4 is 17.5 Å². The zero-order valence-corrected chi connectivity index (χ0v) is 12.6. The molecule has 0 bridgehead atoms. The molecule has 0 aliphatic rings. The molecule has 3 rings (SSSR count). The third-order valence-corrected chi connectivity index (χ3v) is 3.23. The van der Waals surface area contributed by atoms with Crippen LogP contribution < -0.4 is 10.6 Å². The van der Waals surface area contributed by atoms with Crippen molar-refractivity contribution in [2.45, 2.75) is 6.54 Å². The van der Waals surface area contributed by atoms with Gasteiger partial charge in [-0.1, -0.05) is 12.1 Å². The van der Waals surface area contributed by atoms with Crippen LogP contribution in [0.5, 0.6) is 0 Å². The van der Waals surface area contributed by atoms with E-state index >= 15 is 0 Å². The van der Waals surface area contributed by atoms with Crippen molar-refractivity contribution in [3.63, 3.8) is 0 Å². The third kappa shape index (κ3) is 3.70. The quantitative estimate of drug-likeness (QED) is 0.752. The summed E-state index contributed by atoms with van der Waals surface area (Å²) in [5.74, 6) is 1.15. The number of anilines is 2. The van der Waals surface area contributed by atoms with E-state index < -0.39 is 0 Å². The third-order valence-electron chi connectivity index (χ3n) is 3.23. The molecule has 0 aliphatic carbocycles. The monoisotopic (exact) mass is 308 g/mol. The van der Waals surface area contributed by atoms with E-state index in [0.717, 1.165) is 11.4 Å². The van der Waals surface area contributed by atoms with E-state index in [1.165, 1.54) is 0 Å². The lowest BCUT2D eigenvalue weighted by molar-refractivity contribution is 0.0946. The minimum Gasteiger partial charge on any atom is -0.347 e. The largest absolute Gasteiger partial charge is 0.347 e. The van der Waals surface area contributed by atoms with Gasteiger partial charge in [0, 0.05) is 32.1 Å². The van der Waals surface area contributed by atoms with Gasteiger partial charge in [-0.2, -0.15) is 5.10 Å². The number of nitrogens with zero attached hydrogens (tertiary/aromatic N) is 4. The average molecular weight is 308 g/mol.